The molecule has 1 N–H and O–H groups in total. The fourth-order valence-corrected chi connectivity index (χ4v) is 2.87. The summed E-state index contributed by atoms with van der Waals surface area (Å²) in [6, 6.07) is 13.3. The van der Waals surface area contributed by atoms with Crippen molar-refractivity contribution in [3.05, 3.63) is 76.0 Å². The zero-order valence-corrected chi connectivity index (χ0v) is 14.9. The molecular formula is C20H16ClF2NO2. The maximum atomic E-state index is 13.4. The fraction of sp³-hybridized carbons (Fsp3) is 0.150. The van der Waals surface area contributed by atoms with Gasteiger partial charge in [0.25, 0.3) is 12.3 Å². The number of benzene rings is 2. The van der Waals surface area contributed by atoms with Crippen molar-refractivity contribution in [3.63, 3.8) is 0 Å². The summed E-state index contributed by atoms with van der Waals surface area (Å²) in [7, 11) is 0. The molecular weight excluding hydrogens is 360 g/mol. The zero-order valence-electron chi connectivity index (χ0n) is 14.1. The van der Waals surface area contributed by atoms with Gasteiger partial charge in [0.2, 0.25) is 0 Å². The molecule has 1 heterocycles. The Kier molecular flexibility index (Phi) is 5.09. The molecule has 0 aliphatic heterocycles. The molecule has 26 heavy (non-hydrogen) atoms. The lowest BCUT2D eigenvalue weighted by molar-refractivity contribution is 0.0984. The third-order valence-electron chi connectivity index (χ3n) is 3.81. The van der Waals surface area contributed by atoms with Crippen LogP contribution in [0.15, 0.2) is 52.9 Å². The molecule has 3 nitrogen and oxygen atoms in total. The van der Waals surface area contributed by atoms with E-state index in [9.17, 15) is 13.6 Å². The first-order chi connectivity index (χ1) is 12.3. The van der Waals surface area contributed by atoms with Gasteiger partial charge >= 0.3 is 0 Å². The van der Waals surface area contributed by atoms with Gasteiger partial charge in [-0.15, -0.1) is 0 Å². The molecule has 0 atom stereocenters. The molecule has 1 amide bonds. The quantitative estimate of drug-likeness (QED) is 0.572. The number of carbonyl (C=O) groups is 1. The lowest BCUT2D eigenvalue weighted by Gasteiger charge is -2.07. The predicted molar refractivity (Wildman–Crippen MR) is 98.0 cm³/mol. The Hall–Kier alpha value is -2.66. The van der Waals surface area contributed by atoms with Crippen molar-refractivity contribution in [2.45, 2.75) is 20.3 Å². The maximum Gasteiger partial charge on any atom is 0.296 e. The number of aryl methyl sites for hydroxylation is 2. The van der Waals surface area contributed by atoms with Crippen molar-refractivity contribution in [2.75, 3.05) is 5.32 Å². The van der Waals surface area contributed by atoms with Crippen LogP contribution in [0.3, 0.4) is 0 Å². The Bertz CT molecular complexity index is 929. The fourth-order valence-electron chi connectivity index (χ4n) is 2.75. The standard InChI is InChI=1S/C20H16ClF2NO2/c1-11-7-12(2)9-15(8-11)24-20(25)16-10-17(26-18(16)19(22)23)13-3-5-14(21)6-4-13/h3-10,19H,1-2H3,(H,24,25). The average Bonchev–Trinajstić information content (AvgIpc) is 3.00. The summed E-state index contributed by atoms with van der Waals surface area (Å²) in [4.78, 5) is 12.5. The molecule has 3 aromatic rings. The smallest absolute Gasteiger partial charge is 0.296 e. The van der Waals surface area contributed by atoms with Gasteiger partial charge in [-0.1, -0.05) is 17.7 Å². The number of hydrogen-bond donors (Lipinski definition) is 1. The van der Waals surface area contributed by atoms with Crippen LogP contribution in [0.5, 0.6) is 0 Å². The van der Waals surface area contributed by atoms with Crippen LogP contribution in [0.25, 0.3) is 11.3 Å². The maximum absolute atomic E-state index is 13.4. The minimum Gasteiger partial charge on any atom is -0.454 e. The summed E-state index contributed by atoms with van der Waals surface area (Å²) in [5.74, 6) is -1.12. The van der Waals surface area contributed by atoms with Gasteiger partial charge in [-0.05, 0) is 67.4 Å². The van der Waals surface area contributed by atoms with Crippen LogP contribution in [-0.2, 0) is 0 Å². The molecule has 0 saturated heterocycles. The highest BCUT2D eigenvalue weighted by molar-refractivity contribution is 6.30. The topological polar surface area (TPSA) is 42.2 Å². The zero-order chi connectivity index (χ0) is 18.8. The summed E-state index contributed by atoms with van der Waals surface area (Å²) in [5.41, 5.74) is 2.83. The van der Waals surface area contributed by atoms with E-state index in [2.05, 4.69) is 5.32 Å². The Labute approximate surface area is 154 Å². The molecule has 0 unspecified atom stereocenters. The number of amides is 1. The third kappa shape index (κ3) is 3.94. The first-order valence-corrected chi connectivity index (χ1v) is 8.29. The Morgan fingerprint density at radius 2 is 1.65 bits per heavy atom. The van der Waals surface area contributed by atoms with E-state index < -0.39 is 18.1 Å². The van der Waals surface area contributed by atoms with Gasteiger partial charge in [0, 0.05) is 16.3 Å². The highest BCUT2D eigenvalue weighted by atomic mass is 35.5. The number of alkyl halides is 2. The van der Waals surface area contributed by atoms with Crippen molar-refractivity contribution < 1.29 is 18.0 Å². The molecule has 0 aliphatic rings. The Morgan fingerprint density at radius 1 is 1.04 bits per heavy atom. The summed E-state index contributed by atoms with van der Waals surface area (Å²) < 4.78 is 32.0. The lowest BCUT2D eigenvalue weighted by atomic mass is 10.1. The van der Waals surface area contributed by atoms with E-state index in [0.29, 0.717) is 16.3 Å². The molecule has 6 heteroatoms. The van der Waals surface area contributed by atoms with Gasteiger partial charge in [-0.2, -0.15) is 0 Å². The van der Waals surface area contributed by atoms with Gasteiger partial charge in [0.1, 0.15) is 5.76 Å². The van der Waals surface area contributed by atoms with Gasteiger partial charge in [0.15, 0.2) is 5.76 Å². The summed E-state index contributed by atoms with van der Waals surface area (Å²) in [5, 5.41) is 3.17. The van der Waals surface area contributed by atoms with E-state index in [1.807, 2.05) is 19.9 Å². The second-order valence-electron chi connectivity index (χ2n) is 6.03. The second kappa shape index (κ2) is 7.30. The molecule has 0 radical (unpaired) electrons. The number of nitrogens with one attached hydrogen (secondary N) is 1. The van der Waals surface area contributed by atoms with E-state index in [0.717, 1.165) is 11.1 Å². The van der Waals surface area contributed by atoms with Crippen LogP contribution in [0.4, 0.5) is 14.5 Å². The van der Waals surface area contributed by atoms with Crippen molar-refractivity contribution >= 4 is 23.2 Å². The highest BCUT2D eigenvalue weighted by Gasteiger charge is 2.25. The van der Waals surface area contributed by atoms with Gasteiger partial charge in [-0.3, -0.25) is 4.79 Å². The highest BCUT2D eigenvalue weighted by Crippen LogP contribution is 2.33. The van der Waals surface area contributed by atoms with Gasteiger partial charge in [0.05, 0.1) is 5.56 Å². The van der Waals surface area contributed by atoms with E-state index in [1.54, 1.807) is 36.4 Å². The Balaban J connectivity index is 1.95. The van der Waals surface area contributed by atoms with Crippen LogP contribution in [0, 0.1) is 13.8 Å². The van der Waals surface area contributed by atoms with Crippen molar-refractivity contribution in [2.24, 2.45) is 0 Å². The van der Waals surface area contributed by atoms with Gasteiger partial charge in [-0.25, -0.2) is 8.78 Å². The van der Waals surface area contributed by atoms with Crippen molar-refractivity contribution in [3.8, 4) is 11.3 Å². The van der Waals surface area contributed by atoms with Crippen LogP contribution in [0.2, 0.25) is 5.02 Å². The van der Waals surface area contributed by atoms with Crippen LogP contribution < -0.4 is 5.32 Å². The molecule has 0 fully saturated rings. The molecule has 134 valence electrons. The Morgan fingerprint density at radius 3 is 2.23 bits per heavy atom. The summed E-state index contributed by atoms with van der Waals surface area (Å²) >= 11 is 5.84. The monoisotopic (exact) mass is 375 g/mol. The first-order valence-electron chi connectivity index (χ1n) is 7.91. The molecule has 0 bridgehead atoms. The summed E-state index contributed by atoms with van der Waals surface area (Å²) in [6.07, 6.45) is -2.91. The minimum atomic E-state index is -2.91. The normalized spacial score (nSPS) is 11.0. The van der Waals surface area contributed by atoms with E-state index >= 15 is 0 Å². The van der Waals surface area contributed by atoms with E-state index in [4.69, 9.17) is 16.0 Å². The van der Waals surface area contributed by atoms with Crippen LogP contribution >= 0.6 is 11.6 Å². The number of halogens is 3. The number of hydrogen-bond acceptors (Lipinski definition) is 2. The summed E-state index contributed by atoms with van der Waals surface area (Å²) in [6.45, 7) is 3.79. The molecule has 0 aliphatic carbocycles. The number of anilines is 1. The van der Waals surface area contributed by atoms with Crippen molar-refractivity contribution in [1.29, 1.82) is 0 Å². The third-order valence-corrected chi connectivity index (χ3v) is 4.06. The van der Waals surface area contributed by atoms with Crippen LogP contribution in [-0.4, -0.2) is 5.91 Å². The molecule has 2 aromatic carbocycles. The van der Waals surface area contributed by atoms with E-state index in [1.165, 1.54) is 6.07 Å². The molecule has 0 saturated carbocycles. The molecule has 1 aromatic heterocycles. The lowest BCUT2D eigenvalue weighted by Crippen LogP contribution is -2.13. The van der Waals surface area contributed by atoms with Gasteiger partial charge < -0.3 is 9.73 Å². The number of rotatable bonds is 4. The second-order valence-corrected chi connectivity index (χ2v) is 6.46. The first kappa shape index (κ1) is 18.1. The predicted octanol–water partition coefficient (Wildman–Crippen LogP) is 6.41. The van der Waals surface area contributed by atoms with E-state index in [-0.39, 0.29) is 11.3 Å². The van der Waals surface area contributed by atoms with Crippen LogP contribution in [0.1, 0.15) is 33.7 Å². The number of carbonyl (C=O) groups excluding carboxylic acids is 1. The average molecular weight is 376 g/mol. The molecule has 3 rings (SSSR count). The largest absolute Gasteiger partial charge is 0.454 e. The minimum absolute atomic E-state index is 0.183. The number of furan rings is 1. The SMILES string of the molecule is Cc1cc(C)cc(NC(=O)c2cc(-c3ccc(Cl)cc3)oc2C(F)F)c1. The molecule has 0 spiro atoms. The van der Waals surface area contributed by atoms with Crippen molar-refractivity contribution in [1.82, 2.24) is 0 Å².